The summed E-state index contributed by atoms with van der Waals surface area (Å²) in [6.07, 6.45) is 0. The van der Waals surface area contributed by atoms with E-state index in [0.717, 1.165) is 33.6 Å². The van der Waals surface area contributed by atoms with E-state index in [1.807, 2.05) is 24.3 Å². The van der Waals surface area contributed by atoms with Gasteiger partial charge in [-0.25, -0.2) is 9.97 Å². The van der Waals surface area contributed by atoms with Crippen LogP contribution in [0.5, 0.6) is 0 Å². The largest absolute Gasteiger partial charge is 0.228 e. The predicted octanol–water partition coefficient (Wildman–Crippen LogP) is 16.8. The minimum Gasteiger partial charge on any atom is -0.228 e. The van der Waals surface area contributed by atoms with Gasteiger partial charge in [-0.15, -0.1) is 0 Å². The van der Waals surface area contributed by atoms with Crippen molar-refractivity contribution in [1.82, 2.24) is 9.97 Å². The molecule has 0 spiro atoms. The van der Waals surface area contributed by atoms with Gasteiger partial charge in [0.15, 0.2) is 5.82 Å². The molecule has 2 nitrogen and oxygen atoms in total. The molecule has 0 bridgehead atoms. The number of rotatable bonds is 6. The van der Waals surface area contributed by atoms with Crippen LogP contribution in [0.2, 0.25) is 0 Å². The van der Waals surface area contributed by atoms with Gasteiger partial charge in [-0.3, -0.25) is 0 Å². The Balaban J connectivity index is 0.884. The standard InChI is InChI=1S/C62H38N2/c1-3-10-39(11-4-1)40-24-28-44(29-25-40)56-38-57(64-62(63-56)49-12-5-2-6-13-49)45-30-26-42(27-31-45)41-20-22-43(23-21-41)51-36-50-35-34-48-15-8-18-53-52-17-7-14-46-32-33-47-16-9-19-54(60(47)58(46)52)55(37-51)61(50)59(48)53/h1-38H. The Hall–Kier alpha value is -8.46. The molecule has 0 atom stereocenters. The minimum absolute atomic E-state index is 0.709. The zero-order valence-electron chi connectivity index (χ0n) is 34.8. The van der Waals surface area contributed by atoms with E-state index < -0.39 is 0 Å². The molecule has 2 heteroatoms. The van der Waals surface area contributed by atoms with Gasteiger partial charge in [-0.05, 0) is 116 Å². The minimum atomic E-state index is 0.709. The number of aromatic nitrogens is 2. The molecule has 0 aliphatic heterocycles. The monoisotopic (exact) mass is 810 g/mol. The average Bonchev–Trinajstić information content (AvgIpc) is 3.37. The summed E-state index contributed by atoms with van der Waals surface area (Å²) in [5.41, 5.74) is 12.0. The Kier molecular flexibility index (Phi) is 8.25. The molecule has 0 aliphatic rings. The SMILES string of the molecule is c1ccc(-c2ccc(-c3cc(-c4ccc(-c5ccc(-c6cc7ccc8cccc9c%10cccc%11ccc%12cccc(c(c6)c7c89)c%12c%11%10)cc5)cc4)nc(-c4ccccc4)n3)cc2)cc1. The lowest BCUT2D eigenvalue weighted by molar-refractivity contribution is 1.18. The highest BCUT2D eigenvalue weighted by molar-refractivity contribution is 6.37. The Bertz CT molecular complexity index is 3890. The lowest BCUT2D eigenvalue weighted by Gasteiger charge is -2.17. The first-order chi connectivity index (χ1) is 31.7. The van der Waals surface area contributed by atoms with Crippen LogP contribution in [0.25, 0.3) is 132 Å². The molecule has 64 heavy (non-hydrogen) atoms. The van der Waals surface area contributed by atoms with Gasteiger partial charge >= 0.3 is 0 Å². The maximum Gasteiger partial charge on any atom is 0.160 e. The summed E-state index contributed by atoms with van der Waals surface area (Å²) in [6, 6.07) is 83.6. The van der Waals surface area contributed by atoms with E-state index in [2.05, 4.69) is 206 Å². The van der Waals surface area contributed by atoms with E-state index in [1.165, 1.54) is 92.5 Å². The van der Waals surface area contributed by atoms with Crippen molar-refractivity contribution in [1.29, 1.82) is 0 Å². The highest BCUT2D eigenvalue weighted by Crippen LogP contribution is 2.44. The van der Waals surface area contributed by atoms with Crippen molar-refractivity contribution in [2.75, 3.05) is 0 Å². The second-order valence-electron chi connectivity index (χ2n) is 16.9. The fraction of sp³-hybridized carbons (Fsp3) is 0. The third-order valence-corrected chi connectivity index (χ3v) is 13.2. The third kappa shape index (κ3) is 5.95. The van der Waals surface area contributed by atoms with Gasteiger partial charge in [0.2, 0.25) is 0 Å². The maximum atomic E-state index is 5.10. The molecule has 0 fully saturated rings. The topological polar surface area (TPSA) is 25.8 Å². The zero-order chi connectivity index (χ0) is 42.1. The fourth-order valence-corrected chi connectivity index (χ4v) is 10.1. The van der Waals surface area contributed by atoms with E-state index >= 15 is 0 Å². The molecule has 1 aromatic heterocycles. The molecule has 296 valence electrons. The highest BCUT2D eigenvalue weighted by atomic mass is 14.9. The van der Waals surface area contributed by atoms with Gasteiger partial charge in [0, 0.05) is 16.7 Å². The first kappa shape index (κ1) is 36.2. The Morgan fingerprint density at radius 2 is 0.562 bits per heavy atom. The summed E-state index contributed by atoms with van der Waals surface area (Å²) in [7, 11) is 0. The first-order valence-corrected chi connectivity index (χ1v) is 22.0. The van der Waals surface area contributed by atoms with Gasteiger partial charge < -0.3 is 0 Å². The molecular formula is C62H38N2. The molecule has 0 aliphatic carbocycles. The van der Waals surface area contributed by atoms with Crippen LogP contribution in [-0.2, 0) is 0 Å². The van der Waals surface area contributed by atoms with Crippen molar-refractivity contribution in [3.63, 3.8) is 0 Å². The van der Waals surface area contributed by atoms with Crippen molar-refractivity contribution >= 4 is 64.6 Å². The van der Waals surface area contributed by atoms with E-state index in [-0.39, 0.29) is 0 Å². The number of hydrogen-bond donors (Lipinski definition) is 0. The van der Waals surface area contributed by atoms with E-state index in [1.54, 1.807) is 0 Å². The molecule has 13 rings (SSSR count). The van der Waals surface area contributed by atoms with Gasteiger partial charge in [-0.1, -0.05) is 212 Å². The molecule has 13 aromatic rings. The molecule has 1 heterocycles. The maximum absolute atomic E-state index is 5.10. The number of nitrogens with zero attached hydrogens (tertiary/aromatic N) is 2. The summed E-state index contributed by atoms with van der Waals surface area (Å²) < 4.78 is 0. The first-order valence-electron chi connectivity index (χ1n) is 22.0. The summed E-state index contributed by atoms with van der Waals surface area (Å²) in [6.45, 7) is 0. The normalized spacial score (nSPS) is 11.8. The van der Waals surface area contributed by atoms with Crippen LogP contribution in [0, 0.1) is 0 Å². The van der Waals surface area contributed by atoms with Crippen molar-refractivity contribution in [2.45, 2.75) is 0 Å². The highest BCUT2D eigenvalue weighted by Gasteiger charge is 2.17. The smallest absolute Gasteiger partial charge is 0.160 e. The van der Waals surface area contributed by atoms with Crippen LogP contribution in [0.3, 0.4) is 0 Å². The average molecular weight is 811 g/mol. The summed E-state index contributed by atoms with van der Waals surface area (Å²) in [5.74, 6) is 0.709. The Morgan fingerprint density at radius 3 is 1.03 bits per heavy atom. The molecule has 0 saturated carbocycles. The summed E-state index contributed by atoms with van der Waals surface area (Å²) >= 11 is 0. The van der Waals surface area contributed by atoms with Crippen molar-refractivity contribution in [2.24, 2.45) is 0 Å². The summed E-state index contributed by atoms with van der Waals surface area (Å²) in [4.78, 5) is 10.2. The molecular weight excluding hydrogens is 773 g/mol. The van der Waals surface area contributed by atoms with Crippen LogP contribution in [0.4, 0.5) is 0 Å². The van der Waals surface area contributed by atoms with Crippen molar-refractivity contribution in [3.8, 4) is 67.3 Å². The lowest BCUT2D eigenvalue weighted by Crippen LogP contribution is -1.96. The second kappa shape index (κ2) is 14.6. The van der Waals surface area contributed by atoms with Crippen LogP contribution >= 0.6 is 0 Å². The molecule has 0 unspecified atom stereocenters. The van der Waals surface area contributed by atoms with Crippen molar-refractivity contribution in [3.05, 3.63) is 231 Å². The van der Waals surface area contributed by atoms with E-state index in [0.29, 0.717) is 5.82 Å². The van der Waals surface area contributed by atoms with Gasteiger partial charge in [-0.2, -0.15) is 0 Å². The zero-order valence-corrected chi connectivity index (χ0v) is 34.8. The number of hydrogen-bond acceptors (Lipinski definition) is 2. The van der Waals surface area contributed by atoms with E-state index in [4.69, 9.17) is 9.97 Å². The van der Waals surface area contributed by atoms with Crippen LogP contribution in [0.1, 0.15) is 0 Å². The van der Waals surface area contributed by atoms with E-state index in [9.17, 15) is 0 Å². The van der Waals surface area contributed by atoms with Crippen molar-refractivity contribution < 1.29 is 0 Å². The summed E-state index contributed by atoms with van der Waals surface area (Å²) in [5, 5.41) is 15.5. The van der Waals surface area contributed by atoms with Gasteiger partial charge in [0.05, 0.1) is 11.4 Å². The van der Waals surface area contributed by atoms with Crippen LogP contribution in [0.15, 0.2) is 231 Å². The van der Waals surface area contributed by atoms with Gasteiger partial charge in [0.25, 0.3) is 0 Å². The lowest BCUT2D eigenvalue weighted by atomic mass is 9.86. The van der Waals surface area contributed by atoms with Gasteiger partial charge in [0.1, 0.15) is 0 Å². The molecule has 0 N–H and O–H groups in total. The number of benzene rings is 11. The number of fused-ring (bicyclic) bond motifs is 2. The third-order valence-electron chi connectivity index (χ3n) is 13.2. The molecule has 0 saturated heterocycles. The quantitative estimate of drug-likeness (QED) is 0.156. The Morgan fingerprint density at radius 1 is 0.203 bits per heavy atom. The predicted molar refractivity (Wildman–Crippen MR) is 271 cm³/mol. The Labute approximate surface area is 370 Å². The van der Waals surface area contributed by atoms with Crippen LogP contribution in [-0.4, -0.2) is 9.97 Å². The fourth-order valence-electron chi connectivity index (χ4n) is 10.1. The molecule has 12 aromatic carbocycles. The van der Waals surface area contributed by atoms with Crippen LogP contribution < -0.4 is 0 Å². The molecule has 0 amide bonds. The second-order valence-corrected chi connectivity index (χ2v) is 16.9. The molecule has 0 radical (unpaired) electrons.